The minimum absolute atomic E-state index is 0.312. The molecule has 2 aliphatic rings. The summed E-state index contributed by atoms with van der Waals surface area (Å²) in [6, 6.07) is 6.25. The van der Waals surface area contributed by atoms with Gasteiger partial charge in [-0.3, -0.25) is 9.36 Å². The van der Waals surface area contributed by atoms with E-state index in [0.717, 1.165) is 62.5 Å². The fourth-order valence-corrected chi connectivity index (χ4v) is 3.91. The molecular formula is C20H26N4O. The average Bonchev–Trinajstić information content (AvgIpc) is 3.09. The van der Waals surface area contributed by atoms with Gasteiger partial charge in [0, 0.05) is 49.4 Å². The lowest BCUT2D eigenvalue weighted by Crippen LogP contribution is -2.43. The van der Waals surface area contributed by atoms with Crippen LogP contribution < -0.4 is 0 Å². The second-order valence-corrected chi connectivity index (χ2v) is 7.22. The van der Waals surface area contributed by atoms with E-state index in [1.165, 1.54) is 6.42 Å². The van der Waals surface area contributed by atoms with Crippen LogP contribution in [-0.2, 0) is 11.2 Å². The molecule has 0 spiro atoms. The zero-order chi connectivity index (χ0) is 17.2. The zero-order valence-electron chi connectivity index (χ0n) is 14.9. The Balaban J connectivity index is 1.45. The average molecular weight is 338 g/mol. The van der Waals surface area contributed by atoms with Crippen molar-refractivity contribution in [2.75, 3.05) is 13.1 Å². The standard InChI is InChI=1S/C20H26N4O/c1-2-18-21-11-14-24(18)19-8-4-7-17(22-19)15-9-12-23(13-10-15)20(25)16-5-3-6-16/h4,7-8,11,14-16H,2-3,5-6,9-10,12-13H2,1H3. The molecule has 3 heterocycles. The third kappa shape index (κ3) is 3.20. The highest BCUT2D eigenvalue weighted by atomic mass is 16.2. The fourth-order valence-electron chi connectivity index (χ4n) is 3.91. The molecule has 25 heavy (non-hydrogen) atoms. The quantitative estimate of drug-likeness (QED) is 0.859. The van der Waals surface area contributed by atoms with Crippen LogP contribution >= 0.6 is 0 Å². The van der Waals surface area contributed by atoms with E-state index >= 15 is 0 Å². The second-order valence-electron chi connectivity index (χ2n) is 7.22. The Morgan fingerprint density at radius 2 is 2.00 bits per heavy atom. The summed E-state index contributed by atoms with van der Waals surface area (Å²) >= 11 is 0. The normalized spacial score (nSPS) is 19.0. The molecule has 4 rings (SSSR count). The number of rotatable bonds is 4. The van der Waals surface area contributed by atoms with E-state index in [1.807, 2.05) is 18.5 Å². The molecule has 1 amide bonds. The van der Waals surface area contributed by atoms with E-state index in [0.29, 0.717) is 17.7 Å². The molecule has 5 nitrogen and oxygen atoms in total. The summed E-state index contributed by atoms with van der Waals surface area (Å²) in [4.78, 5) is 23.8. The summed E-state index contributed by atoms with van der Waals surface area (Å²) in [7, 11) is 0. The van der Waals surface area contributed by atoms with Gasteiger partial charge in [0.15, 0.2) is 0 Å². The number of carbonyl (C=O) groups excluding carboxylic acids is 1. The molecule has 132 valence electrons. The van der Waals surface area contributed by atoms with Gasteiger partial charge >= 0.3 is 0 Å². The number of hydrogen-bond donors (Lipinski definition) is 0. The number of pyridine rings is 1. The Morgan fingerprint density at radius 3 is 2.68 bits per heavy atom. The van der Waals surface area contributed by atoms with E-state index in [9.17, 15) is 4.79 Å². The summed E-state index contributed by atoms with van der Waals surface area (Å²) in [6.07, 6.45) is 10.1. The molecular weight excluding hydrogens is 312 g/mol. The van der Waals surface area contributed by atoms with Crippen LogP contribution in [0.15, 0.2) is 30.6 Å². The highest BCUT2D eigenvalue weighted by Crippen LogP contribution is 2.32. The molecule has 0 unspecified atom stereocenters. The summed E-state index contributed by atoms with van der Waals surface area (Å²) in [5.41, 5.74) is 1.14. The summed E-state index contributed by atoms with van der Waals surface area (Å²) < 4.78 is 2.07. The third-order valence-electron chi connectivity index (χ3n) is 5.72. The van der Waals surface area contributed by atoms with Gasteiger partial charge in [0.1, 0.15) is 11.6 Å². The van der Waals surface area contributed by atoms with Crippen LogP contribution in [0.25, 0.3) is 5.82 Å². The molecule has 1 saturated heterocycles. The highest BCUT2D eigenvalue weighted by molar-refractivity contribution is 5.79. The molecule has 2 fully saturated rings. The number of carbonyl (C=O) groups is 1. The Hall–Kier alpha value is -2.17. The molecule has 2 aromatic rings. The van der Waals surface area contributed by atoms with Crippen LogP contribution in [0.4, 0.5) is 0 Å². The third-order valence-corrected chi connectivity index (χ3v) is 5.72. The van der Waals surface area contributed by atoms with Crippen LogP contribution in [0.5, 0.6) is 0 Å². The number of hydrogen-bond acceptors (Lipinski definition) is 3. The molecule has 0 atom stereocenters. The first-order valence-corrected chi connectivity index (χ1v) is 9.54. The van der Waals surface area contributed by atoms with Gasteiger partial charge in [0.2, 0.25) is 5.91 Å². The molecule has 1 aliphatic carbocycles. The maximum Gasteiger partial charge on any atom is 0.225 e. The zero-order valence-corrected chi connectivity index (χ0v) is 14.9. The number of amides is 1. The largest absolute Gasteiger partial charge is 0.342 e. The van der Waals surface area contributed by atoms with Gasteiger partial charge in [-0.15, -0.1) is 0 Å². The van der Waals surface area contributed by atoms with E-state index < -0.39 is 0 Å². The first kappa shape index (κ1) is 16.3. The van der Waals surface area contributed by atoms with E-state index in [2.05, 4.69) is 33.5 Å². The number of aromatic nitrogens is 3. The molecule has 0 aromatic carbocycles. The van der Waals surface area contributed by atoms with Crippen LogP contribution in [0.1, 0.15) is 56.5 Å². The molecule has 0 radical (unpaired) electrons. The van der Waals surface area contributed by atoms with Crippen molar-refractivity contribution >= 4 is 5.91 Å². The molecule has 5 heteroatoms. The van der Waals surface area contributed by atoms with Crippen molar-refractivity contribution in [2.24, 2.45) is 5.92 Å². The number of aryl methyl sites for hydroxylation is 1. The van der Waals surface area contributed by atoms with Crippen molar-refractivity contribution in [3.8, 4) is 5.82 Å². The first-order valence-electron chi connectivity index (χ1n) is 9.54. The van der Waals surface area contributed by atoms with Crippen molar-refractivity contribution in [2.45, 2.75) is 51.4 Å². The van der Waals surface area contributed by atoms with Crippen molar-refractivity contribution < 1.29 is 4.79 Å². The fraction of sp³-hybridized carbons (Fsp3) is 0.550. The highest BCUT2D eigenvalue weighted by Gasteiger charge is 2.32. The Morgan fingerprint density at radius 1 is 1.20 bits per heavy atom. The minimum Gasteiger partial charge on any atom is -0.342 e. The van der Waals surface area contributed by atoms with Crippen molar-refractivity contribution in [3.05, 3.63) is 42.1 Å². The lowest BCUT2D eigenvalue weighted by Gasteiger charge is -2.36. The maximum atomic E-state index is 12.4. The number of imidazole rings is 1. The lowest BCUT2D eigenvalue weighted by molar-refractivity contribution is -0.139. The van der Waals surface area contributed by atoms with Crippen LogP contribution in [0.2, 0.25) is 0 Å². The molecule has 0 bridgehead atoms. The Kier molecular flexibility index (Phi) is 4.55. The summed E-state index contributed by atoms with van der Waals surface area (Å²) in [6.45, 7) is 3.85. The van der Waals surface area contributed by atoms with Crippen molar-refractivity contribution in [3.63, 3.8) is 0 Å². The van der Waals surface area contributed by atoms with Crippen LogP contribution in [0, 0.1) is 5.92 Å². The summed E-state index contributed by atoms with van der Waals surface area (Å²) in [5, 5.41) is 0. The lowest BCUT2D eigenvalue weighted by atomic mass is 9.83. The predicted molar refractivity (Wildman–Crippen MR) is 96.6 cm³/mol. The van der Waals surface area contributed by atoms with Gasteiger partial charge in [-0.25, -0.2) is 9.97 Å². The number of piperidine rings is 1. The van der Waals surface area contributed by atoms with E-state index in [-0.39, 0.29) is 0 Å². The monoisotopic (exact) mass is 338 g/mol. The van der Waals surface area contributed by atoms with E-state index in [4.69, 9.17) is 4.98 Å². The topological polar surface area (TPSA) is 51.0 Å². The molecule has 0 N–H and O–H groups in total. The van der Waals surface area contributed by atoms with Gasteiger partial charge < -0.3 is 4.90 Å². The number of nitrogens with zero attached hydrogens (tertiary/aromatic N) is 4. The van der Waals surface area contributed by atoms with Gasteiger partial charge in [-0.05, 0) is 37.8 Å². The van der Waals surface area contributed by atoms with Gasteiger partial charge in [-0.2, -0.15) is 0 Å². The molecule has 1 saturated carbocycles. The Bertz CT molecular complexity index is 742. The smallest absolute Gasteiger partial charge is 0.225 e. The molecule has 2 aromatic heterocycles. The molecule has 1 aliphatic heterocycles. The van der Waals surface area contributed by atoms with Crippen molar-refractivity contribution in [1.82, 2.24) is 19.4 Å². The minimum atomic E-state index is 0.312. The van der Waals surface area contributed by atoms with Gasteiger partial charge in [0.05, 0.1) is 0 Å². The number of likely N-dealkylation sites (tertiary alicyclic amines) is 1. The maximum absolute atomic E-state index is 12.4. The van der Waals surface area contributed by atoms with E-state index in [1.54, 1.807) is 0 Å². The predicted octanol–water partition coefficient (Wildman–Crippen LogP) is 3.34. The summed E-state index contributed by atoms with van der Waals surface area (Å²) in [5.74, 6) is 3.12. The second kappa shape index (κ2) is 6.98. The van der Waals surface area contributed by atoms with Crippen LogP contribution in [0.3, 0.4) is 0 Å². The SMILES string of the molecule is CCc1nccn1-c1cccc(C2CCN(C(=O)C3CCC3)CC2)n1. The van der Waals surface area contributed by atoms with Gasteiger partial charge in [-0.1, -0.05) is 19.4 Å². The Labute approximate surface area is 149 Å². The van der Waals surface area contributed by atoms with Crippen LogP contribution in [-0.4, -0.2) is 38.4 Å². The first-order chi connectivity index (χ1) is 12.3. The van der Waals surface area contributed by atoms with Gasteiger partial charge in [0.25, 0.3) is 0 Å². The van der Waals surface area contributed by atoms with Crippen molar-refractivity contribution in [1.29, 1.82) is 0 Å².